The van der Waals surface area contributed by atoms with Crippen molar-refractivity contribution in [3.63, 3.8) is 0 Å². The van der Waals surface area contributed by atoms with Crippen LogP contribution >= 0.6 is 11.3 Å². The van der Waals surface area contributed by atoms with Crippen LogP contribution in [0.5, 0.6) is 0 Å². The van der Waals surface area contributed by atoms with E-state index in [1.165, 1.54) is 42.1 Å². The summed E-state index contributed by atoms with van der Waals surface area (Å²) in [4.78, 5) is 10.5. The summed E-state index contributed by atoms with van der Waals surface area (Å²) in [6.07, 6.45) is -0.348. The molecule has 0 aliphatic carbocycles. The summed E-state index contributed by atoms with van der Waals surface area (Å²) in [5.41, 5.74) is 9.28. The Morgan fingerprint density at radius 3 is 2.09 bits per heavy atom. The Hall–Kier alpha value is -6.82. The van der Waals surface area contributed by atoms with E-state index in [0.29, 0.717) is 5.84 Å². The first-order chi connectivity index (χ1) is 26.7. The predicted molar refractivity (Wildman–Crippen MR) is 227 cm³/mol. The Kier molecular flexibility index (Phi) is 7.07. The van der Waals surface area contributed by atoms with Crippen LogP contribution in [0.15, 0.2) is 190 Å². The molecule has 1 N–H and O–H groups in total. The normalized spacial score (nSPS) is 14.5. The van der Waals surface area contributed by atoms with E-state index >= 15 is 0 Å². The molecule has 0 bridgehead atoms. The van der Waals surface area contributed by atoms with Gasteiger partial charge in [0.05, 0.1) is 0 Å². The van der Waals surface area contributed by atoms with Crippen LogP contribution in [-0.4, -0.2) is 11.7 Å². The Labute approximate surface area is 315 Å². The second kappa shape index (κ2) is 12.4. The maximum atomic E-state index is 6.82. The molecule has 5 heteroatoms. The number of hydrogen-bond donors (Lipinski definition) is 1. The number of furan rings is 1. The molecule has 1 atom stereocenters. The van der Waals surface area contributed by atoms with Crippen molar-refractivity contribution in [1.29, 1.82) is 0 Å². The van der Waals surface area contributed by atoms with Crippen LogP contribution in [-0.2, 0) is 0 Å². The fourth-order valence-electron chi connectivity index (χ4n) is 7.96. The summed E-state index contributed by atoms with van der Waals surface area (Å²) in [5.74, 6) is 1.44. The SMILES string of the molecule is c1ccc(-c2ccc(C3=NC(c4ccc5ccccc5c4)NC(c4cccc5oc6c(-c7cccc8sc9ccccc9c78)cccc6c45)=N3)cc2)cc1. The number of hydrogen-bond acceptors (Lipinski definition) is 5. The molecule has 1 aliphatic heterocycles. The largest absolute Gasteiger partial charge is 0.455 e. The molecule has 0 spiro atoms. The topological polar surface area (TPSA) is 49.9 Å². The molecular formula is C49H31N3OS. The molecule has 8 aromatic carbocycles. The summed E-state index contributed by atoms with van der Waals surface area (Å²) in [5, 5.41) is 10.7. The highest BCUT2D eigenvalue weighted by atomic mass is 32.1. The van der Waals surface area contributed by atoms with Crippen LogP contribution in [0.3, 0.4) is 0 Å². The minimum absolute atomic E-state index is 0.348. The van der Waals surface area contributed by atoms with Gasteiger partial charge >= 0.3 is 0 Å². The molecule has 0 saturated carbocycles. The molecule has 10 aromatic rings. The lowest BCUT2D eigenvalue weighted by molar-refractivity contribution is 0.669. The highest BCUT2D eigenvalue weighted by molar-refractivity contribution is 7.25. The highest BCUT2D eigenvalue weighted by Crippen LogP contribution is 2.44. The molecule has 0 fully saturated rings. The quantitative estimate of drug-likeness (QED) is 0.193. The Morgan fingerprint density at radius 2 is 1.19 bits per heavy atom. The zero-order valence-electron chi connectivity index (χ0n) is 29.0. The monoisotopic (exact) mass is 709 g/mol. The molecule has 54 heavy (non-hydrogen) atoms. The number of amidine groups is 2. The van der Waals surface area contributed by atoms with Gasteiger partial charge in [0.1, 0.15) is 23.2 Å². The van der Waals surface area contributed by atoms with Gasteiger partial charge in [0, 0.05) is 47.6 Å². The van der Waals surface area contributed by atoms with Gasteiger partial charge in [-0.05, 0) is 57.3 Å². The number of benzene rings is 8. The molecular weight excluding hydrogens is 679 g/mol. The number of thiophene rings is 1. The molecule has 4 nitrogen and oxygen atoms in total. The van der Waals surface area contributed by atoms with E-state index in [9.17, 15) is 0 Å². The van der Waals surface area contributed by atoms with Gasteiger partial charge in [-0.25, -0.2) is 9.98 Å². The third-order valence-electron chi connectivity index (χ3n) is 10.6. The minimum atomic E-state index is -0.348. The number of aliphatic imine (C=N–C) groups is 2. The van der Waals surface area contributed by atoms with E-state index in [1.807, 2.05) is 17.4 Å². The Balaban J connectivity index is 1.08. The molecule has 0 amide bonds. The van der Waals surface area contributed by atoms with E-state index in [2.05, 4.69) is 175 Å². The second-order valence-corrected chi connectivity index (χ2v) is 14.8. The van der Waals surface area contributed by atoms with E-state index in [0.717, 1.165) is 55.6 Å². The van der Waals surface area contributed by atoms with Crippen molar-refractivity contribution in [2.75, 3.05) is 0 Å². The van der Waals surface area contributed by atoms with Crippen LogP contribution < -0.4 is 5.32 Å². The smallest absolute Gasteiger partial charge is 0.159 e. The molecule has 3 heterocycles. The number of nitrogens with zero attached hydrogens (tertiary/aromatic N) is 2. The van der Waals surface area contributed by atoms with E-state index in [-0.39, 0.29) is 6.17 Å². The number of nitrogens with one attached hydrogen (secondary N) is 1. The van der Waals surface area contributed by atoms with Crippen molar-refractivity contribution in [1.82, 2.24) is 5.32 Å². The first-order valence-electron chi connectivity index (χ1n) is 18.2. The molecule has 0 radical (unpaired) electrons. The summed E-state index contributed by atoms with van der Waals surface area (Å²) in [6.45, 7) is 0. The van der Waals surface area contributed by atoms with E-state index in [1.54, 1.807) is 0 Å². The standard InChI is InChI=1S/C49H31N3OS/c1-2-11-30(12-3-1)32-23-26-33(27-24-32)47-50-48(35-28-25-31-13-4-5-14-34(31)29-35)52-49(51-47)40-19-9-20-41-44(40)39-18-8-17-37(46(39)53-41)36-16-10-22-43-45(36)38-15-6-7-21-42(38)54-43/h1-29,48H,(H,50,51,52). The maximum Gasteiger partial charge on any atom is 0.159 e. The number of rotatable bonds is 5. The zero-order valence-corrected chi connectivity index (χ0v) is 29.8. The fourth-order valence-corrected chi connectivity index (χ4v) is 9.09. The third kappa shape index (κ3) is 5.05. The lowest BCUT2D eigenvalue weighted by Crippen LogP contribution is -2.33. The second-order valence-electron chi connectivity index (χ2n) is 13.7. The summed E-state index contributed by atoms with van der Waals surface area (Å²) < 4.78 is 9.38. The third-order valence-corrected chi connectivity index (χ3v) is 11.7. The fraction of sp³-hybridized carbons (Fsp3) is 0.0204. The molecule has 254 valence electrons. The van der Waals surface area contributed by atoms with Crippen molar-refractivity contribution in [3.8, 4) is 22.3 Å². The maximum absolute atomic E-state index is 6.82. The molecule has 1 unspecified atom stereocenters. The average molecular weight is 710 g/mol. The van der Waals surface area contributed by atoms with Crippen molar-refractivity contribution in [2.45, 2.75) is 6.17 Å². The van der Waals surface area contributed by atoms with Gasteiger partial charge in [0.2, 0.25) is 0 Å². The Morgan fingerprint density at radius 1 is 0.500 bits per heavy atom. The lowest BCUT2D eigenvalue weighted by Gasteiger charge is -2.24. The average Bonchev–Trinajstić information content (AvgIpc) is 3.83. The number of fused-ring (bicyclic) bond motifs is 7. The van der Waals surface area contributed by atoms with Crippen LogP contribution in [0.4, 0.5) is 0 Å². The molecule has 0 saturated heterocycles. The van der Waals surface area contributed by atoms with E-state index in [4.69, 9.17) is 14.4 Å². The number of para-hydroxylation sites is 1. The van der Waals surface area contributed by atoms with E-state index < -0.39 is 0 Å². The summed E-state index contributed by atoms with van der Waals surface area (Å²) in [6, 6.07) is 62.0. The van der Waals surface area contributed by atoms with Crippen LogP contribution in [0.25, 0.3) is 75.1 Å². The van der Waals surface area contributed by atoms with Gasteiger partial charge < -0.3 is 9.73 Å². The van der Waals surface area contributed by atoms with Gasteiger partial charge in [0.15, 0.2) is 5.84 Å². The first-order valence-corrected chi connectivity index (χ1v) is 19.0. The van der Waals surface area contributed by atoms with Crippen molar-refractivity contribution in [3.05, 3.63) is 193 Å². The van der Waals surface area contributed by atoms with Crippen molar-refractivity contribution < 1.29 is 4.42 Å². The minimum Gasteiger partial charge on any atom is -0.455 e. The Bertz CT molecular complexity index is 3140. The van der Waals surface area contributed by atoms with Gasteiger partial charge in [-0.3, -0.25) is 0 Å². The summed E-state index contributed by atoms with van der Waals surface area (Å²) >= 11 is 1.83. The molecule has 1 aliphatic rings. The predicted octanol–water partition coefficient (Wildman–Crippen LogP) is 12.9. The van der Waals surface area contributed by atoms with Crippen LogP contribution in [0.2, 0.25) is 0 Å². The van der Waals surface area contributed by atoms with Gasteiger partial charge in [-0.2, -0.15) is 0 Å². The summed E-state index contributed by atoms with van der Waals surface area (Å²) in [7, 11) is 0. The zero-order chi connectivity index (χ0) is 35.6. The van der Waals surface area contributed by atoms with Gasteiger partial charge in [-0.15, -0.1) is 11.3 Å². The first kappa shape index (κ1) is 30.8. The van der Waals surface area contributed by atoms with Gasteiger partial charge in [-0.1, -0.05) is 152 Å². The van der Waals surface area contributed by atoms with Crippen LogP contribution in [0, 0.1) is 0 Å². The molecule has 2 aromatic heterocycles. The lowest BCUT2D eigenvalue weighted by atomic mass is 9.96. The van der Waals surface area contributed by atoms with Crippen molar-refractivity contribution >= 4 is 75.9 Å². The highest BCUT2D eigenvalue weighted by Gasteiger charge is 2.25. The van der Waals surface area contributed by atoms with Crippen LogP contribution in [0.1, 0.15) is 22.9 Å². The van der Waals surface area contributed by atoms with Gasteiger partial charge in [0.25, 0.3) is 0 Å². The molecule has 11 rings (SSSR count). The van der Waals surface area contributed by atoms with Crippen molar-refractivity contribution in [2.24, 2.45) is 9.98 Å².